The Kier molecular flexibility index (Phi) is 3.77. The molecule has 0 saturated heterocycles. The molecule has 0 N–H and O–H groups in total. The lowest BCUT2D eigenvalue weighted by atomic mass is 10.2. The van der Waals surface area contributed by atoms with E-state index in [4.69, 9.17) is 0 Å². The summed E-state index contributed by atoms with van der Waals surface area (Å²) in [5.41, 5.74) is 0.530. The molecule has 4 nitrogen and oxygen atoms in total. The van der Waals surface area contributed by atoms with Crippen LogP contribution in [0.3, 0.4) is 0 Å². The van der Waals surface area contributed by atoms with Crippen molar-refractivity contribution in [1.29, 1.82) is 0 Å². The van der Waals surface area contributed by atoms with Gasteiger partial charge in [-0.3, -0.25) is 0 Å². The Hall–Kier alpha value is -1.45. The summed E-state index contributed by atoms with van der Waals surface area (Å²) < 4.78 is 23.3. The van der Waals surface area contributed by atoms with Crippen LogP contribution in [-0.4, -0.2) is 20.3 Å². The average Bonchev–Trinajstić information content (AvgIpc) is 2.26. The Bertz CT molecular complexity index is 487. The largest absolute Gasteiger partial charge is 0.235 e. The van der Waals surface area contributed by atoms with Crippen molar-refractivity contribution in [2.24, 2.45) is 4.99 Å². The molecule has 0 heterocycles. The summed E-state index contributed by atoms with van der Waals surface area (Å²) in [6, 6.07) is 6.53. The first-order valence-corrected chi connectivity index (χ1v) is 6.11. The predicted octanol–water partition coefficient (Wildman–Crippen LogP) is 1.32. The van der Waals surface area contributed by atoms with E-state index in [1.807, 2.05) is 0 Å². The molecule has 0 aliphatic heterocycles. The van der Waals surface area contributed by atoms with Crippen molar-refractivity contribution in [2.45, 2.75) is 18.4 Å². The standard InChI is InChI=1S/C10H11NO3S/c1-2-15(13,14)10-6-4-3-5-9(10)7-11-8-12/h3-6H,2,7H2,1H3. The number of carbonyl (C=O) groups excluding carboxylic acids is 1. The lowest BCUT2D eigenvalue weighted by Crippen LogP contribution is -2.06. The minimum absolute atomic E-state index is 0.0365. The zero-order valence-electron chi connectivity index (χ0n) is 8.30. The molecule has 0 bridgehead atoms. The minimum atomic E-state index is -3.25. The molecule has 0 fully saturated rings. The van der Waals surface area contributed by atoms with Crippen LogP contribution in [0.4, 0.5) is 0 Å². The predicted molar refractivity (Wildman–Crippen MR) is 56.0 cm³/mol. The smallest absolute Gasteiger partial charge is 0.224 e. The third-order valence-electron chi connectivity index (χ3n) is 2.00. The molecule has 15 heavy (non-hydrogen) atoms. The Morgan fingerprint density at radius 1 is 1.33 bits per heavy atom. The zero-order chi connectivity index (χ0) is 11.3. The van der Waals surface area contributed by atoms with Crippen LogP contribution in [0.5, 0.6) is 0 Å². The van der Waals surface area contributed by atoms with Crippen molar-refractivity contribution in [3.63, 3.8) is 0 Å². The summed E-state index contributed by atoms with van der Waals surface area (Å²) >= 11 is 0. The van der Waals surface area contributed by atoms with E-state index in [0.717, 1.165) is 0 Å². The molecular weight excluding hydrogens is 214 g/mol. The van der Waals surface area contributed by atoms with E-state index in [9.17, 15) is 13.2 Å². The van der Waals surface area contributed by atoms with E-state index in [2.05, 4.69) is 4.99 Å². The highest BCUT2D eigenvalue weighted by molar-refractivity contribution is 7.91. The van der Waals surface area contributed by atoms with E-state index in [0.29, 0.717) is 5.56 Å². The molecule has 1 aromatic carbocycles. The van der Waals surface area contributed by atoms with Crippen LogP contribution >= 0.6 is 0 Å². The fraction of sp³-hybridized carbons (Fsp3) is 0.300. The second kappa shape index (κ2) is 4.87. The molecule has 0 amide bonds. The number of rotatable bonds is 4. The molecule has 80 valence electrons. The van der Waals surface area contributed by atoms with Gasteiger partial charge in [-0.1, -0.05) is 25.1 Å². The number of aliphatic imine (C=N–C) groups is 1. The van der Waals surface area contributed by atoms with Crippen molar-refractivity contribution in [2.75, 3.05) is 5.75 Å². The minimum Gasteiger partial charge on any atom is -0.224 e. The fourth-order valence-corrected chi connectivity index (χ4v) is 2.34. The van der Waals surface area contributed by atoms with Crippen LogP contribution in [-0.2, 0) is 21.2 Å². The van der Waals surface area contributed by atoms with Crippen LogP contribution in [0.2, 0.25) is 0 Å². The van der Waals surface area contributed by atoms with E-state index in [1.165, 1.54) is 12.1 Å². The molecule has 1 aromatic rings. The Morgan fingerprint density at radius 3 is 2.60 bits per heavy atom. The summed E-state index contributed by atoms with van der Waals surface area (Å²) in [6.45, 7) is 1.63. The molecule has 1 rings (SSSR count). The van der Waals surface area contributed by atoms with Gasteiger partial charge < -0.3 is 0 Å². The van der Waals surface area contributed by atoms with Crippen LogP contribution < -0.4 is 0 Å². The maximum Gasteiger partial charge on any atom is 0.235 e. The van der Waals surface area contributed by atoms with E-state index >= 15 is 0 Å². The van der Waals surface area contributed by atoms with Crippen LogP contribution in [0.25, 0.3) is 0 Å². The molecule has 0 saturated carbocycles. The van der Waals surface area contributed by atoms with Crippen molar-refractivity contribution < 1.29 is 13.2 Å². The quantitative estimate of drug-likeness (QED) is 0.573. The van der Waals surface area contributed by atoms with E-state index in [-0.39, 0.29) is 17.2 Å². The number of sulfone groups is 1. The van der Waals surface area contributed by atoms with Gasteiger partial charge in [0.1, 0.15) is 0 Å². The lowest BCUT2D eigenvalue weighted by molar-refractivity contribution is 0.562. The van der Waals surface area contributed by atoms with Crippen molar-refractivity contribution in [1.82, 2.24) is 0 Å². The second-order valence-electron chi connectivity index (χ2n) is 2.92. The van der Waals surface area contributed by atoms with Crippen LogP contribution in [0.1, 0.15) is 12.5 Å². The van der Waals surface area contributed by atoms with Crippen molar-refractivity contribution in [3.8, 4) is 0 Å². The third kappa shape index (κ3) is 2.75. The van der Waals surface area contributed by atoms with Gasteiger partial charge in [-0.2, -0.15) is 0 Å². The number of hydrogen-bond donors (Lipinski definition) is 0. The number of isocyanates is 1. The molecule has 0 aliphatic carbocycles. The maximum absolute atomic E-state index is 11.6. The number of hydrogen-bond acceptors (Lipinski definition) is 4. The molecular formula is C10H11NO3S. The molecule has 0 aromatic heterocycles. The summed E-state index contributed by atoms with van der Waals surface area (Å²) in [5, 5.41) is 0. The van der Waals surface area contributed by atoms with Crippen LogP contribution in [0.15, 0.2) is 34.2 Å². The van der Waals surface area contributed by atoms with Gasteiger partial charge in [0.05, 0.1) is 17.2 Å². The van der Waals surface area contributed by atoms with E-state index in [1.54, 1.807) is 25.1 Å². The highest BCUT2D eigenvalue weighted by atomic mass is 32.2. The summed E-state index contributed by atoms with van der Waals surface area (Å²) in [7, 11) is -3.25. The molecule has 0 atom stereocenters. The summed E-state index contributed by atoms with van der Waals surface area (Å²) in [4.78, 5) is 13.6. The monoisotopic (exact) mass is 225 g/mol. The topological polar surface area (TPSA) is 63.6 Å². The van der Waals surface area contributed by atoms with Crippen molar-refractivity contribution in [3.05, 3.63) is 29.8 Å². The molecule has 5 heteroatoms. The van der Waals surface area contributed by atoms with Crippen molar-refractivity contribution >= 4 is 15.9 Å². The summed E-state index contributed by atoms with van der Waals surface area (Å²) in [5.74, 6) is 0.0365. The molecule has 0 aliphatic rings. The number of benzene rings is 1. The Labute approximate surface area is 88.6 Å². The second-order valence-corrected chi connectivity index (χ2v) is 5.17. The highest BCUT2D eigenvalue weighted by Crippen LogP contribution is 2.17. The van der Waals surface area contributed by atoms with Gasteiger partial charge in [0, 0.05) is 0 Å². The first-order chi connectivity index (χ1) is 7.11. The first-order valence-electron chi connectivity index (χ1n) is 4.46. The zero-order valence-corrected chi connectivity index (χ0v) is 9.12. The van der Waals surface area contributed by atoms with Crippen LogP contribution in [0, 0.1) is 0 Å². The average molecular weight is 225 g/mol. The number of nitrogens with zero attached hydrogens (tertiary/aromatic N) is 1. The highest BCUT2D eigenvalue weighted by Gasteiger charge is 2.15. The van der Waals surface area contributed by atoms with Gasteiger partial charge in [0.15, 0.2) is 9.84 Å². The van der Waals surface area contributed by atoms with Gasteiger partial charge in [-0.25, -0.2) is 18.2 Å². The van der Waals surface area contributed by atoms with Gasteiger partial charge in [0.2, 0.25) is 6.08 Å². The summed E-state index contributed by atoms with van der Waals surface area (Å²) in [6.07, 6.45) is 1.39. The maximum atomic E-state index is 11.6. The third-order valence-corrected chi connectivity index (χ3v) is 3.83. The molecule has 0 spiro atoms. The Morgan fingerprint density at radius 2 is 2.00 bits per heavy atom. The van der Waals surface area contributed by atoms with Gasteiger partial charge in [-0.15, -0.1) is 0 Å². The normalized spacial score (nSPS) is 10.7. The SMILES string of the molecule is CCS(=O)(=O)c1ccccc1CN=C=O. The molecule has 0 unspecified atom stereocenters. The van der Waals surface area contributed by atoms with Gasteiger partial charge in [0.25, 0.3) is 0 Å². The Balaban J connectivity index is 3.23. The lowest BCUT2D eigenvalue weighted by Gasteiger charge is -2.05. The fourth-order valence-electron chi connectivity index (χ4n) is 1.21. The van der Waals surface area contributed by atoms with Gasteiger partial charge >= 0.3 is 0 Å². The molecule has 0 radical (unpaired) electrons. The van der Waals surface area contributed by atoms with E-state index < -0.39 is 9.84 Å². The first kappa shape index (κ1) is 11.6. The van der Waals surface area contributed by atoms with Gasteiger partial charge in [-0.05, 0) is 11.6 Å².